The SMILES string of the molecule is CC(C)(C)[C@H]1C[C@]1(C)C(=O)O. The lowest BCUT2D eigenvalue weighted by Crippen LogP contribution is -2.20. The predicted molar refractivity (Wildman–Crippen MR) is 43.3 cm³/mol. The Morgan fingerprint density at radius 3 is 2.09 bits per heavy atom. The Bertz CT molecular complexity index is 190. The molecule has 1 aliphatic carbocycles. The number of carboxylic acids is 1. The molecule has 1 fully saturated rings. The van der Waals surface area contributed by atoms with Gasteiger partial charge in [0.15, 0.2) is 0 Å². The zero-order chi connectivity index (χ0) is 8.86. The summed E-state index contributed by atoms with van der Waals surface area (Å²) in [7, 11) is 0. The van der Waals surface area contributed by atoms with Crippen LogP contribution in [0.2, 0.25) is 0 Å². The van der Waals surface area contributed by atoms with Gasteiger partial charge in [0.1, 0.15) is 0 Å². The Balaban J connectivity index is 2.68. The van der Waals surface area contributed by atoms with E-state index in [4.69, 9.17) is 5.11 Å². The van der Waals surface area contributed by atoms with Crippen molar-refractivity contribution >= 4 is 5.97 Å². The van der Waals surface area contributed by atoms with Crippen LogP contribution in [0.1, 0.15) is 34.1 Å². The van der Waals surface area contributed by atoms with Crippen molar-refractivity contribution in [1.82, 2.24) is 0 Å². The van der Waals surface area contributed by atoms with Crippen molar-refractivity contribution < 1.29 is 9.90 Å². The number of rotatable bonds is 1. The van der Waals surface area contributed by atoms with Gasteiger partial charge < -0.3 is 5.11 Å². The van der Waals surface area contributed by atoms with Crippen LogP contribution in [-0.2, 0) is 4.79 Å². The molecule has 1 aliphatic rings. The first-order valence-corrected chi connectivity index (χ1v) is 4.02. The molecule has 0 spiro atoms. The molecule has 0 aromatic heterocycles. The molecule has 0 bridgehead atoms. The van der Waals surface area contributed by atoms with Gasteiger partial charge in [0.05, 0.1) is 5.41 Å². The number of hydrogen-bond donors (Lipinski definition) is 1. The molecule has 2 atom stereocenters. The maximum atomic E-state index is 10.7. The quantitative estimate of drug-likeness (QED) is 0.631. The van der Waals surface area contributed by atoms with E-state index in [0.717, 1.165) is 6.42 Å². The second kappa shape index (κ2) is 1.99. The van der Waals surface area contributed by atoms with Crippen LogP contribution in [0.15, 0.2) is 0 Å². The predicted octanol–water partition coefficient (Wildman–Crippen LogP) is 2.14. The Morgan fingerprint density at radius 2 is 2.00 bits per heavy atom. The Hall–Kier alpha value is -0.530. The lowest BCUT2D eigenvalue weighted by atomic mass is 9.85. The maximum absolute atomic E-state index is 10.7. The Morgan fingerprint density at radius 1 is 1.55 bits per heavy atom. The average molecular weight is 156 g/mol. The van der Waals surface area contributed by atoms with Crippen molar-refractivity contribution in [1.29, 1.82) is 0 Å². The second-order valence-corrected chi connectivity index (χ2v) is 4.85. The third kappa shape index (κ3) is 1.26. The summed E-state index contributed by atoms with van der Waals surface area (Å²) in [5.41, 5.74) is -0.286. The van der Waals surface area contributed by atoms with Gasteiger partial charge in [-0.15, -0.1) is 0 Å². The van der Waals surface area contributed by atoms with Crippen molar-refractivity contribution in [3.05, 3.63) is 0 Å². The van der Waals surface area contributed by atoms with Gasteiger partial charge in [-0.3, -0.25) is 4.79 Å². The highest BCUT2D eigenvalue weighted by atomic mass is 16.4. The molecular formula is C9H16O2. The van der Waals surface area contributed by atoms with Gasteiger partial charge in [-0.25, -0.2) is 0 Å². The minimum atomic E-state index is -0.641. The first kappa shape index (κ1) is 8.57. The molecule has 64 valence electrons. The Labute approximate surface area is 67.6 Å². The summed E-state index contributed by atoms with van der Waals surface area (Å²) < 4.78 is 0. The summed E-state index contributed by atoms with van der Waals surface area (Å²) in [6.07, 6.45) is 0.839. The van der Waals surface area contributed by atoms with Gasteiger partial charge in [-0.1, -0.05) is 20.8 Å². The van der Waals surface area contributed by atoms with Crippen LogP contribution in [0.5, 0.6) is 0 Å². The van der Waals surface area contributed by atoms with Crippen LogP contribution in [0, 0.1) is 16.7 Å². The van der Waals surface area contributed by atoms with Gasteiger partial charge in [0.25, 0.3) is 0 Å². The topological polar surface area (TPSA) is 37.3 Å². The van der Waals surface area contributed by atoms with Crippen molar-refractivity contribution in [2.24, 2.45) is 16.7 Å². The van der Waals surface area contributed by atoms with E-state index in [2.05, 4.69) is 20.8 Å². The lowest BCUT2D eigenvalue weighted by Gasteiger charge is -2.19. The van der Waals surface area contributed by atoms with Crippen molar-refractivity contribution in [2.75, 3.05) is 0 Å². The molecule has 0 aromatic rings. The highest BCUT2D eigenvalue weighted by molar-refractivity contribution is 5.78. The number of hydrogen-bond acceptors (Lipinski definition) is 1. The average Bonchev–Trinajstić information content (AvgIpc) is 2.41. The second-order valence-electron chi connectivity index (χ2n) is 4.85. The third-order valence-electron chi connectivity index (χ3n) is 2.77. The summed E-state index contributed by atoms with van der Waals surface area (Å²) in [4.78, 5) is 10.7. The van der Waals surface area contributed by atoms with E-state index in [9.17, 15) is 4.79 Å². The van der Waals surface area contributed by atoms with E-state index < -0.39 is 11.4 Å². The van der Waals surface area contributed by atoms with E-state index in [1.54, 1.807) is 0 Å². The van der Waals surface area contributed by atoms with Gasteiger partial charge in [0.2, 0.25) is 0 Å². The van der Waals surface area contributed by atoms with Gasteiger partial charge in [-0.2, -0.15) is 0 Å². The minimum absolute atomic E-state index is 0.146. The number of carboxylic acid groups (broad SMARTS) is 1. The molecule has 0 unspecified atom stereocenters. The summed E-state index contributed by atoms with van der Waals surface area (Å²) in [6, 6.07) is 0. The first-order chi connectivity index (χ1) is 4.78. The highest BCUT2D eigenvalue weighted by Crippen LogP contribution is 2.60. The maximum Gasteiger partial charge on any atom is 0.309 e. The molecule has 1 saturated carbocycles. The molecule has 2 heteroatoms. The van der Waals surface area contributed by atoms with E-state index in [1.807, 2.05) is 6.92 Å². The molecule has 2 nitrogen and oxygen atoms in total. The molecule has 11 heavy (non-hydrogen) atoms. The van der Waals surface area contributed by atoms with E-state index in [-0.39, 0.29) is 5.41 Å². The molecule has 0 saturated heterocycles. The fraction of sp³-hybridized carbons (Fsp3) is 0.889. The summed E-state index contributed by atoms with van der Waals surface area (Å²) >= 11 is 0. The summed E-state index contributed by atoms with van der Waals surface area (Å²) in [5.74, 6) is -0.287. The van der Waals surface area contributed by atoms with Gasteiger partial charge in [0, 0.05) is 0 Å². The van der Waals surface area contributed by atoms with Crippen molar-refractivity contribution in [3.8, 4) is 0 Å². The van der Waals surface area contributed by atoms with Crippen LogP contribution in [0.25, 0.3) is 0 Å². The molecule has 0 aromatic carbocycles. The zero-order valence-electron chi connectivity index (χ0n) is 7.64. The molecule has 1 N–H and O–H groups in total. The van der Waals surface area contributed by atoms with Crippen molar-refractivity contribution in [3.63, 3.8) is 0 Å². The number of aliphatic carboxylic acids is 1. The van der Waals surface area contributed by atoms with E-state index in [0.29, 0.717) is 5.92 Å². The summed E-state index contributed by atoms with van der Waals surface area (Å²) in [6.45, 7) is 8.15. The molecule has 0 aliphatic heterocycles. The normalized spacial score (nSPS) is 36.9. The smallest absolute Gasteiger partial charge is 0.309 e. The molecular weight excluding hydrogens is 140 g/mol. The Kier molecular flexibility index (Phi) is 1.55. The number of carbonyl (C=O) groups is 1. The van der Waals surface area contributed by atoms with Crippen LogP contribution in [-0.4, -0.2) is 11.1 Å². The third-order valence-corrected chi connectivity index (χ3v) is 2.77. The fourth-order valence-corrected chi connectivity index (χ4v) is 1.86. The molecule has 1 rings (SSSR count). The van der Waals surface area contributed by atoms with E-state index in [1.165, 1.54) is 0 Å². The highest BCUT2D eigenvalue weighted by Gasteiger charge is 2.60. The van der Waals surface area contributed by atoms with Gasteiger partial charge in [-0.05, 0) is 24.7 Å². The molecule has 0 heterocycles. The van der Waals surface area contributed by atoms with E-state index >= 15 is 0 Å². The largest absolute Gasteiger partial charge is 0.481 e. The van der Waals surface area contributed by atoms with Crippen LogP contribution in [0.3, 0.4) is 0 Å². The minimum Gasteiger partial charge on any atom is -0.481 e. The lowest BCUT2D eigenvalue weighted by molar-refractivity contribution is -0.143. The van der Waals surface area contributed by atoms with Crippen molar-refractivity contribution in [2.45, 2.75) is 34.1 Å². The first-order valence-electron chi connectivity index (χ1n) is 4.02. The zero-order valence-corrected chi connectivity index (χ0v) is 7.64. The van der Waals surface area contributed by atoms with Crippen LogP contribution < -0.4 is 0 Å². The monoisotopic (exact) mass is 156 g/mol. The van der Waals surface area contributed by atoms with Crippen LogP contribution in [0.4, 0.5) is 0 Å². The standard InChI is InChI=1S/C9H16O2/c1-8(2,3)6-5-9(6,4)7(10)11/h6H,5H2,1-4H3,(H,10,11)/t6-,9+/m1/s1. The van der Waals surface area contributed by atoms with Crippen LogP contribution >= 0.6 is 0 Å². The fourth-order valence-electron chi connectivity index (χ4n) is 1.86. The summed E-state index contributed by atoms with van der Waals surface area (Å²) in [5, 5.41) is 8.85. The molecule has 0 radical (unpaired) electrons. The molecule has 0 amide bonds. The van der Waals surface area contributed by atoms with Gasteiger partial charge >= 0.3 is 5.97 Å².